The van der Waals surface area contributed by atoms with Crippen molar-refractivity contribution in [2.45, 2.75) is 46.5 Å². The van der Waals surface area contributed by atoms with Gasteiger partial charge in [0.1, 0.15) is 0 Å². The van der Waals surface area contributed by atoms with Gasteiger partial charge in [-0.1, -0.05) is 31.9 Å². The van der Waals surface area contributed by atoms with Crippen molar-refractivity contribution in [1.82, 2.24) is 4.57 Å². The van der Waals surface area contributed by atoms with E-state index in [-0.39, 0.29) is 0 Å². The highest BCUT2D eigenvalue weighted by molar-refractivity contribution is 5.06. The van der Waals surface area contributed by atoms with Crippen LogP contribution in [-0.4, -0.2) is 4.57 Å². The molecule has 0 N–H and O–H groups in total. The summed E-state index contributed by atoms with van der Waals surface area (Å²) in [5.41, 5.74) is 1.32. The molecular formula is C14H25N. The van der Waals surface area contributed by atoms with Crippen LogP contribution >= 0.6 is 0 Å². The lowest BCUT2D eigenvalue weighted by Crippen LogP contribution is -1.76. The van der Waals surface area contributed by atoms with E-state index >= 15 is 0 Å². The van der Waals surface area contributed by atoms with Crippen molar-refractivity contribution in [3.63, 3.8) is 0 Å². The topological polar surface area (TPSA) is 4.93 Å². The van der Waals surface area contributed by atoms with E-state index in [4.69, 9.17) is 0 Å². The Morgan fingerprint density at radius 2 is 2.07 bits per heavy atom. The Morgan fingerprint density at radius 3 is 2.40 bits per heavy atom. The largest absolute Gasteiger partial charge is 0.357 e. The van der Waals surface area contributed by atoms with E-state index in [1.165, 1.54) is 31.2 Å². The highest BCUT2D eigenvalue weighted by Crippen LogP contribution is 1.98. The third-order valence-electron chi connectivity index (χ3n) is 2.19. The first-order valence-corrected chi connectivity index (χ1v) is 5.90. The van der Waals surface area contributed by atoms with Crippen LogP contribution in [0.4, 0.5) is 0 Å². The summed E-state index contributed by atoms with van der Waals surface area (Å²) in [4.78, 5) is 0. The van der Waals surface area contributed by atoms with Gasteiger partial charge in [0.2, 0.25) is 0 Å². The summed E-state index contributed by atoms with van der Waals surface area (Å²) in [6, 6.07) is 2.08. The molecule has 0 saturated carbocycles. The monoisotopic (exact) mass is 207 g/mol. The SMILES string of the molecule is CC=CCCCCC.Cc1ccn(C)c1. The molecule has 1 rings (SSSR count). The maximum absolute atomic E-state index is 2.23. The van der Waals surface area contributed by atoms with E-state index < -0.39 is 0 Å². The van der Waals surface area contributed by atoms with Gasteiger partial charge >= 0.3 is 0 Å². The number of nitrogens with zero attached hydrogens (tertiary/aromatic N) is 1. The van der Waals surface area contributed by atoms with Crippen molar-refractivity contribution in [1.29, 1.82) is 0 Å². The second-order valence-electron chi connectivity index (χ2n) is 3.92. The van der Waals surface area contributed by atoms with Crippen molar-refractivity contribution in [3.8, 4) is 0 Å². The first kappa shape index (κ1) is 14.0. The van der Waals surface area contributed by atoms with Crippen molar-refractivity contribution in [2.24, 2.45) is 7.05 Å². The molecule has 1 heteroatoms. The van der Waals surface area contributed by atoms with Gasteiger partial charge in [-0.15, -0.1) is 0 Å². The number of allylic oxidation sites excluding steroid dienone is 2. The second kappa shape index (κ2) is 9.57. The van der Waals surface area contributed by atoms with Crippen LogP contribution in [0.3, 0.4) is 0 Å². The molecule has 0 fully saturated rings. The van der Waals surface area contributed by atoms with Crippen LogP contribution in [0.5, 0.6) is 0 Å². The highest BCUT2D eigenvalue weighted by atomic mass is 14.9. The van der Waals surface area contributed by atoms with E-state index in [1.807, 2.05) is 17.8 Å². The lowest BCUT2D eigenvalue weighted by atomic mass is 10.2. The molecule has 0 aliphatic carbocycles. The van der Waals surface area contributed by atoms with Gasteiger partial charge in [0.15, 0.2) is 0 Å². The van der Waals surface area contributed by atoms with Gasteiger partial charge in [0, 0.05) is 19.4 Å². The van der Waals surface area contributed by atoms with Gasteiger partial charge in [-0.25, -0.2) is 0 Å². The first-order valence-electron chi connectivity index (χ1n) is 5.90. The predicted molar refractivity (Wildman–Crippen MR) is 69.1 cm³/mol. The number of rotatable bonds is 4. The minimum Gasteiger partial charge on any atom is -0.357 e. The molecule has 0 radical (unpaired) electrons. The zero-order chi connectivity index (χ0) is 11.5. The molecule has 0 aromatic carbocycles. The summed E-state index contributed by atoms with van der Waals surface area (Å²) >= 11 is 0. The standard InChI is InChI=1S/C8H16.C6H9N/c1-3-5-7-8-6-4-2;1-6-3-4-7(2)5-6/h3,5H,4,6-8H2,1-2H3;3-5H,1-2H3. The zero-order valence-electron chi connectivity index (χ0n) is 10.7. The molecule has 1 nitrogen and oxygen atoms in total. The number of hydrogen-bond donors (Lipinski definition) is 0. The molecule has 0 aliphatic heterocycles. The van der Waals surface area contributed by atoms with Crippen LogP contribution in [0, 0.1) is 6.92 Å². The van der Waals surface area contributed by atoms with Crippen LogP contribution in [-0.2, 0) is 7.05 Å². The molecule has 0 aliphatic rings. The maximum Gasteiger partial charge on any atom is 0.0106 e. The zero-order valence-corrected chi connectivity index (χ0v) is 10.7. The predicted octanol–water partition coefficient (Wildman–Crippen LogP) is 4.48. The van der Waals surface area contributed by atoms with E-state index in [1.54, 1.807) is 0 Å². The summed E-state index contributed by atoms with van der Waals surface area (Å²) in [7, 11) is 2.02. The van der Waals surface area contributed by atoms with Crippen molar-refractivity contribution < 1.29 is 0 Å². The molecule has 0 atom stereocenters. The van der Waals surface area contributed by atoms with Crippen molar-refractivity contribution >= 4 is 0 Å². The molecule has 0 bridgehead atoms. The maximum atomic E-state index is 2.23. The van der Waals surface area contributed by atoms with E-state index in [2.05, 4.69) is 45.2 Å². The summed E-state index contributed by atoms with van der Waals surface area (Å²) in [5.74, 6) is 0. The molecule has 86 valence electrons. The Hall–Kier alpha value is -0.980. The summed E-state index contributed by atoms with van der Waals surface area (Å²) < 4.78 is 2.04. The Bertz CT molecular complexity index is 242. The van der Waals surface area contributed by atoms with Crippen LogP contribution in [0.15, 0.2) is 30.6 Å². The average molecular weight is 207 g/mol. The molecule has 1 heterocycles. The Kier molecular flexibility index (Phi) is 8.95. The minimum absolute atomic E-state index is 1.27. The highest BCUT2D eigenvalue weighted by Gasteiger charge is 1.80. The van der Waals surface area contributed by atoms with E-state index in [0.717, 1.165) is 0 Å². The summed E-state index contributed by atoms with van der Waals surface area (Å²) in [6.45, 7) is 6.39. The fourth-order valence-corrected chi connectivity index (χ4v) is 1.32. The summed E-state index contributed by atoms with van der Waals surface area (Å²) in [6.07, 6.45) is 13.8. The minimum atomic E-state index is 1.27. The Morgan fingerprint density at radius 1 is 1.33 bits per heavy atom. The molecule has 0 unspecified atom stereocenters. The second-order valence-corrected chi connectivity index (χ2v) is 3.92. The third-order valence-corrected chi connectivity index (χ3v) is 2.19. The Labute approximate surface area is 94.8 Å². The fourth-order valence-electron chi connectivity index (χ4n) is 1.32. The van der Waals surface area contributed by atoms with Crippen LogP contribution in [0.25, 0.3) is 0 Å². The molecule has 1 aromatic rings. The quantitative estimate of drug-likeness (QED) is 0.507. The summed E-state index contributed by atoms with van der Waals surface area (Å²) in [5, 5.41) is 0. The molecule has 0 amide bonds. The van der Waals surface area contributed by atoms with Gasteiger partial charge in [-0.2, -0.15) is 0 Å². The molecule has 0 saturated heterocycles. The van der Waals surface area contributed by atoms with Gasteiger partial charge in [-0.3, -0.25) is 0 Å². The molecule has 0 spiro atoms. The van der Waals surface area contributed by atoms with Crippen LogP contribution < -0.4 is 0 Å². The lowest BCUT2D eigenvalue weighted by Gasteiger charge is -1.88. The van der Waals surface area contributed by atoms with Crippen molar-refractivity contribution in [2.75, 3.05) is 0 Å². The number of aromatic nitrogens is 1. The third kappa shape index (κ3) is 9.33. The fraction of sp³-hybridized carbons (Fsp3) is 0.571. The smallest absolute Gasteiger partial charge is 0.0106 e. The van der Waals surface area contributed by atoms with Gasteiger partial charge in [0.25, 0.3) is 0 Å². The van der Waals surface area contributed by atoms with Crippen LogP contribution in [0.2, 0.25) is 0 Å². The van der Waals surface area contributed by atoms with Gasteiger partial charge < -0.3 is 4.57 Å². The normalized spacial score (nSPS) is 10.1. The number of aryl methyl sites for hydroxylation is 2. The van der Waals surface area contributed by atoms with Crippen molar-refractivity contribution in [3.05, 3.63) is 36.2 Å². The number of unbranched alkanes of at least 4 members (excludes halogenated alkanes) is 3. The Balaban J connectivity index is 0.000000262. The van der Waals surface area contributed by atoms with Gasteiger partial charge in [-0.05, 0) is 38.3 Å². The lowest BCUT2D eigenvalue weighted by molar-refractivity contribution is 0.729. The number of hydrogen-bond acceptors (Lipinski definition) is 0. The average Bonchev–Trinajstić information content (AvgIpc) is 2.58. The molecular weight excluding hydrogens is 182 g/mol. The van der Waals surface area contributed by atoms with E-state index in [9.17, 15) is 0 Å². The van der Waals surface area contributed by atoms with Crippen LogP contribution in [0.1, 0.15) is 45.1 Å². The molecule has 1 aromatic heterocycles. The first-order chi connectivity index (χ1) is 7.20. The molecule has 15 heavy (non-hydrogen) atoms. The van der Waals surface area contributed by atoms with E-state index in [0.29, 0.717) is 0 Å². The van der Waals surface area contributed by atoms with Gasteiger partial charge in [0.05, 0.1) is 0 Å².